The first-order chi connectivity index (χ1) is 45.0. The number of Topliss-reactive ketones (excluding diaryl/α,β-unsaturated/α-hetero) is 1. The Morgan fingerprint density at radius 3 is 1.57 bits per heavy atom. The fourth-order valence-electron chi connectivity index (χ4n) is 10.9. The zero-order valence-electron chi connectivity index (χ0n) is 52.1. The number of anilines is 1. The van der Waals surface area contributed by atoms with Crippen molar-refractivity contribution in [3.63, 3.8) is 0 Å². The lowest BCUT2D eigenvalue weighted by molar-refractivity contribution is -0.141. The maximum Gasteiger partial charge on any atom is 0.346 e. The van der Waals surface area contributed by atoms with E-state index in [-0.39, 0.29) is 72.2 Å². The molecule has 3 aromatic heterocycles. The van der Waals surface area contributed by atoms with Crippen LogP contribution in [0.25, 0.3) is 0 Å². The third kappa shape index (κ3) is 20.6. The monoisotopic (exact) mass is 1510 g/mol. The molecular formula is C69H84Br3N10O12P. The highest BCUT2D eigenvalue weighted by Gasteiger charge is 2.45. The third-order valence-corrected chi connectivity index (χ3v) is 20.0. The molecule has 2 saturated heterocycles. The van der Waals surface area contributed by atoms with Crippen LogP contribution in [0.3, 0.4) is 0 Å². The summed E-state index contributed by atoms with van der Waals surface area (Å²) in [5.41, 5.74) is 9.75. The van der Waals surface area contributed by atoms with E-state index in [1.807, 2.05) is 119 Å². The molecule has 2 N–H and O–H groups in total. The number of ketones is 1. The number of aliphatic hydroxyl groups excluding tert-OH is 1. The van der Waals surface area contributed by atoms with E-state index >= 15 is 0 Å². The molecule has 8 heterocycles. The third-order valence-electron chi connectivity index (χ3n) is 15.7. The van der Waals surface area contributed by atoms with Gasteiger partial charge in [-0.15, -0.1) is 0 Å². The van der Waals surface area contributed by atoms with Crippen molar-refractivity contribution in [1.82, 2.24) is 24.3 Å². The number of amidine groups is 1. The second-order valence-electron chi connectivity index (χ2n) is 22.1. The normalized spacial score (nSPS) is 19.4. The van der Waals surface area contributed by atoms with Crippen molar-refractivity contribution < 1.29 is 58.5 Å². The first-order valence-corrected chi connectivity index (χ1v) is 34.5. The molecule has 26 heteroatoms. The number of benzene rings is 3. The molecule has 11 rings (SSSR count). The number of rotatable bonds is 18. The van der Waals surface area contributed by atoms with Crippen LogP contribution in [-0.2, 0) is 64.8 Å². The Kier molecular flexibility index (Phi) is 29.4. The van der Waals surface area contributed by atoms with Gasteiger partial charge in [-0.3, -0.25) is 63.2 Å². The predicted molar refractivity (Wildman–Crippen MR) is 380 cm³/mol. The van der Waals surface area contributed by atoms with E-state index in [0.717, 1.165) is 64.0 Å². The minimum Gasteiger partial charge on any atom is -0.469 e. The summed E-state index contributed by atoms with van der Waals surface area (Å²) in [6.45, 7) is 5.94. The number of nitrogens with one attached hydrogen (secondary N) is 1. The van der Waals surface area contributed by atoms with E-state index < -0.39 is 38.0 Å². The van der Waals surface area contributed by atoms with Crippen LogP contribution >= 0.6 is 55.5 Å². The molecule has 0 saturated carbocycles. The van der Waals surface area contributed by atoms with Gasteiger partial charge in [0, 0.05) is 114 Å². The van der Waals surface area contributed by atoms with Crippen molar-refractivity contribution in [2.24, 2.45) is 20.0 Å². The Hall–Kier alpha value is -6.90. The van der Waals surface area contributed by atoms with Crippen molar-refractivity contribution in [2.75, 3.05) is 85.8 Å². The van der Waals surface area contributed by atoms with Gasteiger partial charge in [-0.1, -0.05) is 93.0 Å². The summed E-state index contributed by atoms with van der Waals surface area (Å²) >= 11 is 10.6. The number of hydrogen-bond donors (Lipinski definition) is 2. The van der Waals surface area contributed by atoms with Gasteiger partial charge in [0.25, 0.3) is 0 Å². The number of ether oxygens (including phenoxy) is 5. The van der Waals surface area contributed by atoms with Gasteiger partial charge >= 0.3 is 25.6 Å². The molecule has 6 aromatic rings. The fraction of sp³-hybridized carbons (Fsp3) is 0.406. The number of aliphatic hydroxyl groups is 1. The molecule has 0 spiro atoms. The van der Waals surface area contributed by atoms with Crippen LogP contribution in [-0.4, -0.2) is 187 Å². The Bertz CT molecular complexity index is 3730. The summed E-state index contributed by atoms with van der Waals surface area (Å²) in [7, 11) is 0.621. The van der Waals surface area contributed by atoms with Gasteiger partial charge < -0.3 is 34.1 Å². The van der Waals surface area contributed by atoms with Crippen molar-refractivity contribution >= 4 is 108 Å². The highest BCUT2D eigenvalue weighted by atomic mass is 79.9. The van der Waals surface area contributed by atoms with Gasteiger partial charge in [0.2, 0.25) is 0 Å². The standard InChI is InChI=1S/C27H34BrN4O6P.C21H23BrN4O3.C19H17BrN2O3.2CH4.H2/c1-35-26(33)8-7-23-25(38-39(34,31-10-14-36-15-11-31)32-12-16-37-17-13-32)18-20-5-6-21(28)19-22(20)27(30-23)24-4-2-3-9-29-24;1-13(27)12-24-21-18(8-9-19(28)29-2)25-20(17-5-3-4-10-23-17)15-11-14(22)6-7-16(15)26-21;1-25-18(24)8-7-15-17(23)10-12-5-6-13(20)11-14(12)19(22-15)16-4-2-3-9-21-16;;;/h2-6,9,19,23,25H,7-8,10-18H2,1H3;3-7,10-11,13,18,27H,8-9,12H2,1-2H3,(H,24,26);2-6,9,11,15H,7-8,10H2,1H3;2*1H4;1H/t23-,25?;13?,18-;15-;;;/m000.../s1/i;;;;;1+1. The first-order valence-electron chi connectivity index (χ1n) is 30.6. The van der Waals surface area contributed by atoms with Gasteiger partial charge in [0.15, 0.2) is 5.78 Å². The van der Waals surface area contributed by atoms with Gasteiger partial charge in [0.1, 0.15) is 17.9 Å². The van der Waals surface area contributed by atoms with Crippen molar-refractivity contribution in [1.29, 1.82) is 0 Å². The zero-order valence-corrected chi connectivity index (χ0v) is 57.7. The van der Waals surface area contributed by atoms with E-state index in [2.05, 4.69) is 77.8 Å². The number of pyridine rings is 3. The van der Waals surface area contributed by atoms with Crippen LogP contribution < -0.4 is 5.32 Å². The molecule has 5 aliphatic heterocycles. The summed E-state index contributed by atoms with van der Waals surface area (Å²) in [4.78, 5) is 80.9. The van der Waals surface area contributed by atoms with Gasteiger partial charge in [-0.2, -0.15) is 0 Å². The SMILES string of the molecule is C.C.COC(=O)CC[C@@H]1N=C(c2ccccn2)c2cc(Br)ccc2CC1=O.COC(=O)CC[C@@H]1N=C(c2ccccn2)c2cc(Br)ccc2CC1OP(=O)(N1CCOCC1)N1CCOCC1.COC(=O)CC[C@@H]1N=C(c2ccccn2)c2cc(Br)ccc2NC1=NCC(C)O.[2HH]. The number of aromatic nitrogens is 3. The number of esters is 3. The number of methoxy groups -OCH3 is 3. The maximum absolute atomic E-state index is 14.9. The van der Waals surface area contributed by atoms with Crippen LogP contribution in [0.2, 0.25) is 0 Å². The largest absolute Gasteiger partial charge is 0.469 e. The van der Waals surface area contributed by atoms with Crippen molar-refractivity contribution in [3.05, 3.63) is 186 Å². The number of morpholine rings is 2. The summed E-state index contributed by atoms with van der Waals surface area (Å²) in [5.74, 6) is -0.369. The van der Waals surface area contributed by atoms with Crippen LogP contribution in [0.1, 0.15) is 107 Å². The second-order valence-corrected chi connectivity index (χ2v) is 27.2. The fourth-order valence-corrected chi connectivity index (χ4v) is 14.6. The van der Waals surface area contributed by atoms with Crippen molar-refractivity contribution in [3.8, 4) is 0 Å². The van der Waals surface area contributed by atoms with E-state index in [9.17, 15) is 28.8 Å². The van der Waals surface area contributed by atoms with E-state index in [1.165, 1.54) is 21.3 Å². The number of benzodiazepines with no additional fused rings is 1. The van der Waals surface area contributed by atoms with Gasteiger partial charge in [0.05, 0.1) is 107 Å². The Labute approximate surface area is 582 Å². The molecule has 3 aromatic carbocycles. The smallest absolute Gasteiger partial charge is 0.346 e. The lowest BCUT2D eigenvalue weighted by Gasteiger charge is -2.43. The summed E-state index contributed by atoms with van der Waals surface area (Å²) < 4.78 is 53.9. The molecule has 0 radical (unpaired) electrons. The van der Waals surface area contributed by atoms with E-state index in [4.69, 9.17) is 38.4 Å². The van der Waals surface area contributed by atoms with Crippen LogP contribution in [0.15, 0.2) is 161 Å². The first kappa shape index (κ1) is 75.5. The molecule has 95 heavy (non-hydrogen) atoms. The number of hydrogen-bond acceptors (Lipinski definition) is 19. The van der Waals surface area contributed by atoms with Crippen molar-refractivity contribution in [2.45, 2.75) is 103 Å². The molecule has 5 aliphatic rings. The summed E-state index contributed by atoms with van der Waals surface area (Å²) in [6.07, 6.45) is 6.46. The highest BCUT2D eigenvalue weighted by Crippen LogP contribution is 2.57. The van der Waals surface area contributed by atoms with E-state index in [0.29, 0.717) is 101 Å². The Morgan fingerprint density at radius 2 is 1.07 bits per heavy atom. The number of nitrogens with zero attached hydrogens (tertiary/aromatic N) is 9. The molecule has 22 nitrogen and oxygen atoms in total. The molecule has 0 aliphatic carbocycles. The topological polar surface area (TPSA) is 268 Å². The number of carbonyl (C=O) groups is 4. The number of fused-ring (bicyclic) bond motifs is 3. The quantitative estimate of drug-likeness (QED) is 0.0460. The Morgan fingerprint density at radius 1 is 0.632 bits per heavy atom. The van der Waals surface area contributed by atoms with Crippen LogP contribution in [0.5, 0.6) is 0 Å². The number of carbonyl (C=O) groups excluding carboxylic acids is 4. The summed E-state index contributed by atoms with van der Waals surface area (Å²) in [6, 6.07) is 33.3. The highest BCUT2D eigenvalue weighted by molar-refractivity contribution is 9.11. The molecule has 0 bridgehead atoms. The average Bonchev–Trinajstić information content (AvgIpc) is 1.56. The van der Waals surface area contributed by atoms with Crippen LogP contribution in [0.4, 0.5) is 5.69 Å². The minimum atomic E-state index is -3.47. The van der Waals surface area contributed by atoms with Crippen LogP contribution in [0, 0.1) is 0 Å². The van der Waals surface area contributed by atoms with Gasteiger partial charge in [-0.05, 0) is 116 Å². The predicted octanol–water partition coefficient (Wildman–Crippen LogP) is 11.6. The van der Waals surface area contributed by atoms with Gasteiger partial charge in [-0.25, -0.2) is 9.34 Å². The van der Waals surface area contributed by atoms with E-state index in [1.54, 1.807) is 25.5 Å². The lowest BCUT2D eigenvalue weighted by atomic mass is 9.96. The minimum absolute atomic E-state index is 0. The molecule has 5 atom stereocenters. The molecule has 0 amide bonds. The number of aliphatic imine (C=N–C) groups is 4. The molecular weight excluding hydrogens is 1430 g/mol. The Balaban J connectivity index is 0.000000230. The lowest BCUT2D eigenvalue weighted by Crippen LogP contribution is -2.45. The molecule has 508 valence electrons. The number of halogens is 3. The molecule has 2 fully saturated rings. The average molecular weight is 1520 g/mol. The molecule has 2 unspecified atom stereocenters. The maximum atomic E-state index is 14.9. The summed E-state index contributed by atoms with van der Waals surface area (Å²) in [5, 5.41) is 13.1. The zero-order chi connectivity index (χ0) is 65.9. The second kappa shape index (κ2) is 37.0.